The van der Waals surface area contributed by atoms with Crippen molar-refractivity contribution < 1.29 is 22.7 Å². The first-order valence-corrected chi connectivity index (χ1v) is 15.1. The van der Waals surface area contributed by atoms with Gasteiger partial charge in [0.2, 0.25) is 11.8 Å². The molecule has 0 aliphatic carbocycles. The highest BCUT2D eigenvalue weighted by Crippen LogP contribution is 2.26. The van der Waals surface area contributed by atoms with E-state index in [0.29, 0.717) is 18.0 Å². The quantitative estimate of drug-likeness (QED) is 0.336. The monoisotopic (exact) mass is 579 g/mol. The summed E-state index contributed by atoms with van der Waals surface area (Å²) in [5.74, 6) is -0.277. The van der Waals surface area contributed by atoms with Crippen LogP contribution in [-0.4, -0.2) is 49.9 Å². The molecule has 0 heterocycles. The van der Waals surface area contributed by atoms with Gasteiger partial charge in [0.25, 0.3) is 10.0 Å². The van der Waals surface area contributed by atoms with Crippen LogP contribution in [0.2, 0.25) is 0 Å². The van der Waals surface area contributed by atoms with E-state index >= 15 is 0 Å². The van der Waals surface area contributed by atoms with Crippen LogP contribution in [0.4, 0.5) is 5.69 Å². The van der Waals surface area contributed by atoms with Crippen LogP contribution < -0.4 is 14.4 Å². The Balaban J connectivity index is 2.03. The Bertz CT molecular complexity index is 1450. The first-order chi connectivity index (χ1) is 19.2. The zero-order chi connectivity index (χ0) is 30.4. The molecule has 9 heteroatoms. The number of hydrogen-bond acceptors (Lipinski definition) is 5. The lowest BCUT2D eigenvalue weighted by atomic mass is 10.1. The summed E-state index contributed by atoms with van der Waals surface area (Å²) in [6.07, 6.45) is 0. The van der Waals surface area contributed by atoms with E-state index in [1.165, 1.54) is 17.0 Å². The third-order valence-corrected chi connectivity index (χ3v) is 8.21. The summed E-state index contributed by atoms with van der Waals surface area (Å²) < 4.78 is 34.5. The Morgan fingerprint density at radius 3 is 2.12 bits per heavy atom. The van der Waals surface area contributed by atoms with Crippen molar-refractivity contribution in [2.75, 3.05) is 17.5 Å². The normalized spacial score (nSPS) is 12.4. The third kappa shape index (κ3) is 8.57. The van der Waals surface area contributed by atoms with Crippen molar-refractivity contribution in [3.8, 4) is 5.75 Å². The second-order valence-electron chi connectivity index (χ2n) is 11.2. The van der Waals surface area contributed by atoms with Crippen molar-refractivity contribution >= 4 is 27.5 Å². The van der Waals surface area contributed by atoms with Gasteiger partial charge in [-0.2, -0.15) is 0 Å². The molecule has 0 saturated heterocycles. The van der Waals surface area contributed by atoms with Crippen LogP contribution in [0.25, 0.3) is 0 Å². The van der Waals surface area contributed by atoms with Crippen molar-refractivity contribution in [2.45, 2.75) is 71.5 Å². The molecule has 3 aromatic rings. The number of nitrogens with zero attached hydrogens (tertiary/aromatic N) is 2. The van der Waals surface area contributed by atoms with E-state index in [9.17, 15) is 18.0 Å². The number of benzene rings is 3. The van der Waals surface area contributed by atoms with Gasteiger partial charge in [-0.25, -0.2) is 8.42 Å². The summed E-state index contributed by atoms with van der Waals surface area (Å²) in [6, 6.07) is 19.9. The number of ether oxygens (including phenoxy) is 1. The molecule has 0 spiro atoms. The maximum Gasteiger partial charge on any atom is 0.264 e. The Morgan fingerprint density at radius 1 is 0.927 bits per heavy atom. The molecule has 2 amide bonds. The number of rotatable bonds is 11. The highest BCUT2D eigenvalue weighted by molar-refractivity contribution is 7.92. The highest BCUT2D eigenvalue weighted by Gasteiger charge is 2.33. The summed E-state index contributed by atoms with van der Waals surface area (Å²) in [5.41, 5.74) is 2.65. The number of anilines is 1. The summed E-state index contributed by atoms with van der Waals surface area (Å²) in [7, 11) is -4.15. The number of nitrogens with one attached hydrogen (secondary N) is 1. The summed E-state index contributed by atoms with van der Waals surface area (Å²) in [6.45, 7) is 13.1. The fraction of sp³-hybridized carbons (Fsp3) is 0.375. The maximum atomic E-state index is 14.0. The molecule has 0 fully saturated rings. The average Bonchev–Trinajstić information content (AvgIpc) is 2.90. The molecule has 0 aliphatic heterocycles. The van der Waals surface area contributed by atoms with Gasteiger partial charge in [-0.1, -0.05) is 47.5 Å². The number of amides is 2. The van der Waals surface area contributed by atoms with E-state index in [1.807, 2.05) is 65.8 Å². The molecule has 0 radical (unpaired) electrons. The van der Waals surface area contributed by atoms with E-state index in [4.69, 9.17) is 4.74 Å². The van der Waals surface area contributed by atoms with Crippen molar-refractivity contribution in [3.05, 3.63) is 89.5 Å². The van der Waals surface area contributed by atoms with Crippen LogP contribution in [0.15, 0.2) is 77.7 Å². The van der Waals surface area contributed by atoms with E-state index in [2.05, 4.69) is 5.32 Å². The van der Waals surface area contributed by atoms with Gasteiger partial charge in [0.15, 0.2) is 0 Å². The summed E-state index contributed by atoms with van der Waals surface area (Å²) in [4.78, 5) is 28.7. The minimum Gasteiger partial charge on any atom is -0.494 e. The Labute approximate surface area is 244 Å². The van der Waals surface area contributed by atoms with Crippen LogP contribution in [0, 0.1) is 13.8 Å². The lowest BCUT2D eigenvalue weighted by Gasteiger charge is -2.33. The molecule has 0 aliphatic rings. The van der Waals surface area contributed by atoms with Crippen molar-refractivity contribution in [1.82, 2.24) is 10.2 Å². The number of hydrogen-bond donors (Lipinski definition) is 1. The van der Waals surface area contributed by atoms with Gasteiger partial charge in [0, 0.05) is 12.1 Å². The molecular weight excluding hydrogens is 538 g/mol. The molecule has 0 unspecified atom stereocenters. The van der Waals surface area contributed by atoms with E-state index < -0.39 is 34.1 Å². The molecule has 3 rings (SSSR count). The van der Waals surface area contributed by atoms with E-state index in [-0.39, 0.29) is 17.3 Å². The Morgan fingerprint density at radius 2 is 1.56 bits per heavy atom. The minimum absolute atomic E-state index is 0.0260. The fourth-order valence-electron chi connectivity index (χ4n) is 4.31. The number of aryl methyl sites for hydroxylation is 2. The van der Waals surface area contributed by atoms with Crippen LogP contribution in [0.3, 0.4) is 0 Å². The molecule has 8 nitrogen and oxygen atoms in total. The largest absolute Gasteiger partial charge is 0.494 e. The predicted molar refractivity (Wildman–Crippen MR) is 162 cm³/mol. The minimum atomic E-state index is -4.15. The van der Waals surface area contributed by atoms with Crippen LogP contribution >= 0.6 is 0 Å². The van der Waals surface area contributed by atoms with Crippen LogP contribution in [0.5, 0.6) is 5.75 Å². The molecular formula is C32H41N3O5S. The second-order valence-corrected chi connectivity index (χ2v) is 13.0. The Hall–Kier alpha value is -3.85. The number of sulfonamides is 1. The highest BCUT2D eigenvalue weighted by atomic mass is 32.2. The molecule has 1 N–H and O–H groups in total. The van der Waals surface area contributed by atoms with E-state index in [0.717, 1.165) is 21.0 Å². The molecule has 3 aromatic carbocycles. The third-order valence-electron chi connectivity index (χ3n) is 6.42. The smallest absolute Gasteiger partial charge is 0.264 e. The second kappa shape index (κ2) is 13.2. The first-order valence-electron chi connectivity index (χ1n) is 13.7. The fourth-order valence-corrected chi connectivity index (χ4v) is 5.72. The number of carbonyl (C=O) groups excluding carboxylic acids is 2. The lowest BCUT2D eigenvalue weighted by molar-refractivity contribution is -0.140. The average molecular weight is 580 g/mol. The SMILES string of the molecule is CCOc1ccc(S(=O)(=O)N(CC(=O)N(Cc2cccc(C)c2)[C@@H](C)C(=O)NC(C)(C)C)c2ccc(C)cc2)cc1. The van der Waals surface area contributed by atoms with Gasteiger partial charge in [0.05, 0.1) is 17.2 Å². The molecule has 41 heavy (non-hydrogen) atoms. The van der Waals surface area contributed by atoms with Crippen molar-refractivity contribution in [2.24, 2.45) is 0 Å². The molecule has 1 atom stereocenters. The van der Waals surface area contributed by atoms with Gasteiger partial charge in [-0.05, 0) is 90.4 Å². The molecule has 220 valence electrons. The molecule has 0 bridgehead atoms. The lowest BCUT2D eigenvalue weighted by Crippen LogP contribution is -2.54. The molecule has 0 saturated carbocycles. The zero-order valence-corrected chi connectivity index (χ0v) is 25.8. The summed E-state index contributed by atoms with van der Waals surface area (Å²) in [5, 5.41) is 2.94. The van der Waals surface area contributed by atoms with Gasteiger partial charge in [-0.15, -0.1) is 0 Å². The van der Waals surface area contributed by atoms with Crippen LogP contribution in [-0.2, 0) is 26.2 Å². The maximum absolute atomic E-state index is 14.0. The zero-order valence-electron chi connectivity index (χ0n) is 25.0. The van der Waals surface area contributed by atoms with Gasteiger partial charge in [-0.3, -0.25) is 13.9 Å². The van der Waals surface area contributed by atoms with Gasteiger partial charge in [0.1, 0.15) is 18.3 Å². The first kappa shape index (κ1) is 31.7. The molecule has 0 aromatic heterocycles. The van der Waals surface area contributed by atoms with Gasteiger partial charge >= 0.3 is 0 Å². The predicted octanol–water partition coefficient (Wildman–Crippen LogP) is 5.23. The van der Waals surface area contributed by atoms with Gasteiger partial charge < -0.3 is 15.0 Å². The van der Waals surface area contributed by atoms with Crippen LogP contribution in [0.1, 0.15) is 51.3 Å². The van der Waals surface area contributed by atoms with Crippen molar-refractivity contribution in [1.29, 1.82) is 0 Å². The Kier molecular flexibility index (Phi) is 10.2. The van der Waals surface area contributed by atoms with E-state index in [1.54, 1.807) is 43.3 Å². The standard InChI is InChI=1S/C32H41N3O5S/c1-8-40-28-16-18-29(19-17-28)41(38,39)35(27-14-12-23(2)13-15-27)22-30(36)34(21-26-11-9-10-24(3)20-26)25(4)31(37)33-32(5,6)7/h9-20,25H,8,21-22H2,1-7H3,(H,33,37)/t25-/m0/s1. The number of carbonyl (C=O) groups is 2. The topological polar surface area (TPSA) is 96.0 Å². The summed E-state index contributed by atoms with van der Waals surface area (Å²) >= 11 is 0. The van der Waals surface area contributed by atoms with Crippen molar-refractivity contribution in [3.63, 3.8) is 0 Å².